The molecule has 2 nitrogen and oxygen atoms in total. The summed E-state index contributed by atoms with van der Waals surface area (Å²) in [5, 5.41) is 0. The molecule has 0 unspecified atom stereocenters. The van der Waals surface area contributed by atoms with Crippen molar-refractivity contribution in [1.82, 2.24) is 0 Å². The number of hydrogen-bond donors (Lipinski definition) is 1. The summed E-state index contributed by atoms with van der Waals surface area (Å²) in [4.78, 5) is 13.5. The predicted molar refractivity (Wildman–Crippen MR) is 64.8 cm³/mol. The highest BCUT2D eigenvalue weighted by molar-refractivity contribution is 5.96. The Labute approximate surface area is 97.3 Å². The molecule has 1 aliphatic rings. The molecule has 0 atom stereocenters. The molecule has 1 saturated heterocycles. The van der Waals surface area contributed by atoms with Gasteiger partial charge in [-0.3, -0.25) is 4.79 Å². The average molecular weight is 218 g/mol. The summed E-state index contributed by atoms with van der Waals surface area (Å²) in [6, 6.07) is 9.66. The third kappa shape index (κ3) is 3.17. The Kier molecular flexibility index (Phi) is 4.11. The highest BCUT2D eigenvalue weighted by Gasteiger charge is 2.16. The van der Waals surface area contributed by atoms with E-state index in [2.05, 4.69) is 0 Å². The molecule has 0 amide bonds. The molecule has 16 heavy (non-hydrogen) atoms. The van der Waals surface area contributed by atoms with E-state index in [4.69, 9.17) is 0 Å². The van der Waals surface area contributed by atoms with Crippen molar-refractivity contribution in [2.75, 3.05) is 19.6 Å². The number of rotatable bonds is 3. The molecule has 1 aromatic rings. The number of hydrogen-bond acceptors (Lipinski definition) is 1. The topological polar surface area (TPSA) is 21.5 Å². The first kappa shape index (κ1) is 11.3. The van der Waals surface area contributed by atoms with Gasteiger partial charge in [-0.15, -0.1) is 0 Å². The van der Waals surface area contributed by atoms with Gasteiger partial charge < -0.3 is 4.90 Å². The molecule has 0 aliphatic carbocycles. The standard InChI is InChI=1S/C14H19NO/c16-14(13-8-4-3-5-9-13)12-15-10-6-1-2-7-11-15/h3-5,8-9H,1-2,6-7,10-12H2/p+1. The van der Waals surface area contributed by atoms with Crippen molar-refractivity contribution in [3.8, 4) is 0 Å². The van der Waals surface area contributed by atoms with Crippen LogP contribution in [-0.4, -0.2) is 25.4 Å². The third-order valence-corrected chi connectivity index (χ3v) is 3.32. The molecule has 2 rings (SSSR count). The second-order valence-corrected chi connectivity index (χ2v) is 4.63. The number of carbonyl (C=O) groups is 1. The van der Waals surface area contributed by atoms with Crippen molar-refractivity contribution in [3.05, 3.63) is 35.9 Å². The minimum absolute atomic E-state index is 0.289. The van der Waals surface area contributed by atoms with Crippen molar-refractivity contribution >= 4 is 5.78 Å². The van der Waals surface area contributed by atoms with Crippen molar-refractivity contribution in [2.24, 2.45) is 0 Å². The van der Waals surface area contributed by atoms with Gasteiger partial charge in [-0.2, -0.15) is 0 Å². The van der Waals surface area contributed by atoms with Crippen LogP contribution in [0.3, 0.4) is 0 Å². The molecule has 1 aromatic carbocycles. The molecular formula is C14H20NO+. The molecular weight excluding hydrogens is 198 g/mol. The fraction of sp³-hybridized carbons (Fsp3) is 0.500. The smallest absolute Gasteiger partial charge is 0.216 e. The monoisotopic (exact) mass is 218 g/mol. The first-order chi connectivity index (χ1) is 7.86. The molecule has 0 bridgehead atoms. The number of benzene rings is 1. The lowest BCUT2D eigenvalue weighted by atomic mass is 10.1. The van der Waals surface area contributed by atoms with Crippen LogP contribution in [0.15, 0.2) is 30.3 Å². The quantitative estimate of drug-likeness (QED) is 0.759. The van der Waals surface area contributed by atoms with Gasteiger partial charge >= 0.3 is 0 Å². The van der Waals surface area contributed by atoms with Crippen LogP contribution in [0, 0.1) is 0 Å². The van der Waals surface area contributed by atoms with Crippen LogP contribution in [0.5, 0.6) is 0 Å². The van der Waals surface area contributed by atoms with Gasteiger partial charge in [0.15, 0.2) is 0 Å². The molecule has 0 spiro atoms. The largest absolute Gasteiger partial charge is 0.328 e. The summed E-state index contributed by atoms with van der Waals surface area (Å²) >= 11 is 0. The van der Waals surface area contributed by atoms with E-state index in [1.165, 1.54) is 43.7 Å². The zero-order valence-electron chi connectivity index (χ0n) is 9.74. The van der Waals surface area contributed by atoms with E-state index in [-0.39, 0.29) is 5.78 Å². The Morgan fingerprint density at radius 1 is 1.00 bits per heavy atom. The molecule has 1 heterocycles. The van der Waals surface area contributed by atoms with Gasteiger partial charge in [-0.25, -0.2) is 0 Å². The maximum atomic E-state index is 12.0. The van der Waals surface area contributed by atoms with Crippen LogP contribution in [0.25, 0.3) is 0 Å². The summed E-state index contributed by atoms with van der Waals surface area (Å²) in [5.74, 6) is 0.289. The van der Waals surface area contributed by atoms with Crippen molar-refractivity contribution in [3.63, 3.8) is 0 Å². The lowest BCUT2D eigenvalue weighted by Crippen LogP contribution is -3.12. The highest BCUT2D eigenvalue weighted by Crippen LogP contribution is 2.01. The normalized spacial score (nSPS) is 18.0. The number of Topliss-reactive ketones (excluding diaryl/α,β-unsaturated/α-hetero) is 1. The van der Waals surface area contributed by atoms with Gasteiger partial charge in [0, 0.05) is 5.56 Å². The van der Waals surface area contributed by atoms with E-state index in [0.717, 1.165) is 5.56 Å². The van der Waals surface area contributed by atoms with Gasteiger partial charge in [0.2, 0.25) is 5.78 Å². The van der Waals surface area contributed by atoms with Gasteiger partial charge in [0.25, 0.3) is 0 Å². The van der Waals surface area contributed by atoms with E-state index in [9.17, 15) is 4.79 Å². The highest BCUT2D eigenvalue weighted by atomic mass is 16.1. The van der Waals surface area contributed by atoms with Gasteiger partial charge in [0.05, 0.1) is 13.1 Å². The Hall–Kier alpha value is -1.15. The van der Waals surface area contributed by atoms with Crippen LogP contribution in [0.1, 0.15) is 36.0 Å². The van der Waals surface area contributed by atoms with Gasteiger partial charge in [-0.1, -0.05) is 30.3 Å². The number of likely N-dealkylation sites (tertiary alicyclic amines) is 1. The molecule has 1 N–H and O–H groups in total. The number of ketones is 1. The van der Waals surface area contributed by atoms with Crippen LogP contribution in [0.4, 0.5) is 0 Å². The lowest BCUT2D eigenvalue weighted by Gasteiger charge is -2.15. The Balaban J connectivity index is 1.91. The SMILES string of the molecule is O=C(C[NH+]1CCCCCC1)c1ccccc1. The van der Waals surface area contributed by atoms with E-state index in [0.29, 0.717) is 6.54 Å². The van der Waals surface area contributed by atoms with Crippen LogP contribution in [0.2, 0.25) is 0 Å². The fourth-order valence-corrected chi connectivity index (χ4v) is 2.36. The molecule has 1 fully saturated rings. The maximum absolute atomic E-state index is 12.0. The van der Waals surface area contributed by atoms with Gasteiger partial charge in [-0.05, 0) is 25.7 Å². The molecule has 0 radical (unpaired) electrons. The van der Waals surface area contributed by atoms with Crippen molar-refractivity contribution in [1.29, 1.82) is 0 Å². The van der Waals surface area contributed by atoms with Crippen LogP contribution in [-0.2, 0) is 0 Å². The van der Waals surface area contributed by atoms with Crippen molar-refractivity contribution < 1.29 is 9.69 Å². The zero-order chi connectivity index (χ0) is 11.2. The molecule has 2 heteroatoms. The Morgan fingerprint density at radius 3 is 2.25 bits per heavy atom. The number of carbonyl (C=O) groups excluding carboxylic acids is 1. The summed E-state index contributed by atoms with van der Waals surface area (Å²) in [7, 11) is 0. The Bertz CT molecular complexity index is 326. The number of quaternary nitrogens is 1. The second kappa shape index (κ2) is 5.80. The zero-order valence-corrected chi connectivity index (χ0v) is 9.74. The minimum atomic E-state index is 0.289. The first-order valence-electron chi connectivity index (χ1n) is 6.28. The fourth-order valence-electron chi connectivity index (χ4n) is 2.36. The molecule has 0 saturated carbocycles. The first-order valence-corrected chi connectivity index (χ1v) is 6.28. The molecule has 1 aliphatic heterocycles. The van der Waals surface area contributed by atoms with E-state index >= 15 is 0 Å². The summed E-state index contributed by atoms with van der Waals surface area (Å²) in [6.07, 6.45) is 5.22. The lowest BCUT2D eigenvalue weighted by molar-refractivity contribution is -0.890. The van der Waals surface area contributed by atoms with Crippen LogP contribution >= 0.6 is 0 Å². The Morgan fingerprint density at radius 2 is 1.62 bits per heavy atom. The maximum Gasteiger partial charge on any atom is 0.216 e. The van der Waals surface area contributed by atoms with Crippen LogP contribution < -0.4 is 4.90 Å². The molecule has 0 aromatic heterocycles. The van der Waals surface area contributed by atoms with E-state index < -0.39 is 0 Å². The second-order valence-electron chi connectivity index (χ2n) is 4.63. The number of nitrogens with one attached hydrogen (secondary N) is 1. The van der Waals surface area contributed by atoms with Gasteiger partial charge in [0.1, 0.15) is 6.54 Å². The average Bonchev–Trinajstić information content (AvgIpc) is 2.59. The predicted octanol–water partition coefficient (Wildman–Crippen LogP) is 1.33. The summed E-state index contributed by atoms with van der Waals surface area (Å²) < 4.78 is 0. The van der Waals surface area contributed by atoms with Crippen molar-refractivity contribution in [2.45, 2.75) is 25.7 Å². The summed E-state index contributed by atoms with van der Waals surface area (Å²) in [5.41, 5.74) is 0.860. The van der Waals surface area contributed by atoms with E-state index in [1.54, 1.807) is 0 Å². The summed E-state index contributed by atoms with van der Waals surface area (Å²) in [6.45, 7) is 3.00. The third-order valence-electron chi connectivity index (χ3n) is 3.32. The van der Waals surface area contributed by atoms with E-state index in [1.807, 2.05) is 30.3 Å². The molecule has 86 valence electrons. The minimum Gasteiger partial charge on any atom is -0.328 e.